The molecule has 1 aromatic carbocycles. The second kappa shape index (κ2) is 14.0. The molecule has 0 aliphatic heterocycles. The van der Waals surface area contributed by atoms with E-state index in [9.17, 15) is 24.3 Å². The molecular weight excluding hydrogens is 452 g/mol. The molecule has 0 heterocycles. The van der Waals surface area contributed by atoms with E-state index in [1.807, 2.05) is 37.3 Å². The Morgan fingerprint density at radius 1 is 0.938 bits per heavy atom. The van der Waals surface area contributed by atoms with Crippen LogP contribution in [0.3, 0.4) is 0 Å². The Hall–Kier alpha value is -2.24. The summed E-state index contributed by atoms with van der Waals surface area (Å²) in [5, 5.41) is 16.8. The molecule has 0 aliphatic carbocycles. The van der Waals surface area contributed by atoms with Crippen LogP contribution in [0.15, 0.2) is 30.3 Å². The first-order valence-corrected chi connectivity index (χ1v) is 11.6. The molecule has 1 aromatic rings. The lowest BCUT2D eigenvalue weighted by atomic mass is 9.99. The van der Waals surface area contributed by atoms with Crippen molar-refractivity contribution in [2.45, 2.75) is 50.9 Å². The summed E-state index contributed by atoms with van der Waals surface area (Å²) in [6.45, 7) is 3.52. The number of thiol groups is 2. The molecular formula is C21H32N4O5S2. The predicted molar refractivity (Wildman–Crippen MR) is 129 cm³/mol. The van der Waals surface area contributed by atoms with Gasteiger partial charge in [-0.2, -0.15) is 25.3 Å². The topological polar surface area (TPSA) is 151 Å². The Bertz CT molecular complexity index is 781. The molecule has 0 bridgehead atoms. The van der Waals surface area contributed by atoms with Crippen LogP contribution in [0.25, 0.3) is 0 Å². The summed E-state index contributed by atoms with van der Waals surface area (Å²) < 4.78 is 0. The molecule has 0 saturated carbocycles. The number of hydrogen-bond acceptors (Lipinski definition) is 7. The van der Waals surface area contributed by atoms with Crippen molar-refractivity contribution in [3.63, 3.8) is 0 Å². The molecule has 9 nitrogen and oxygen atoms in total. The van der Waals surface area contributed by atoms with Crippen molar-refractivity contribution in [1.82, 2.24) is 16.0 Å². The number of aliphatic carboxylic acids is 1. The van der Waals surface area contributed by atoms with Crippen molar-refractivity contribution >= 4 is 48.9 Å². The highest BCUT2D eigenvalue weighted by Gasteiger charge is 2.31. The van der Waals surface area contributed by atoms with Crippen LogP contribution in [0.5, 0.6) is 0 Å². The van der Waals surface area contributed by atoms with Crippen molar-refractivity contribution in [3.05, 3.63) is 35.9 Å². The summed E-state index contributed by atoms with van der Waals surface area (Å²) in [5.74, 6) is -3.41. The molecule has 0 aromatic heterocycles. The van der Waals surface area contributed by atoms with Gasteiger partial charge >= 0.3 is 5.97 Å². The van der Waals surface area contributed by atoms with Crippen LogP contribution >= 0.6 is 25.3 Å². The molecule has 0 saturated heterocycles. The van der Waals surface area contributed by atoms with Crippen LogP contribution in [-0.4, -0.2) is 64.5 Å². The van der Waals surface area contributed by atoms with E-state index in [2.05, 4.69) is 41.2 Å². The summed E-state index contributed by atoms with van der Waals surface area (Å²) in [6.07, 6.45) is 0.841. The van der Waals surface area contributed by atoms with Crippen molar-refractivity contribution in [1.29, 1.82) is 0 Å². The molecule has 0 spiro atoms. The van der Waals surface area contributed by atoms with Gasteiger partial charge in [0.25, 0.3) is 0 Å². The number of rotatable bonds is 13. The van der Waals surface area contributed by atoms with Gasteiger partial charge in [0.05, 0.1) is 6.04 Å². The largest absolute Gasteiger partial charge is 0.480 e. The average molecular weight is 485 g/mol. The summed E-state index contributed by atoms with van der Waals surface area (Å²) in [6, 6.07) is 5.12. The molecule has 0 radical (unpaired) electrons. The second-order valence-corrected chi connectivity index (χ2v) is 8.22. The van der Waals surface area contributed by atoms with Crippen molar-refractivity contribution in [2.24, 2.45) is 11.7 Å². The first-order chi connectivity index (χ1) is 15.1. The van der Waals surface area contributed by atoms with E-state index in [4.69, 9.17) is 5.73 Å². The Labute approximate surface area is 199 Å². The van der Waals surface area contributed by atoms with Crippen LogP contribution in [0.2, 0.25) is 0 Å². The van der Waals surface area contributed by atoms with Gasteiger partial charge in [-0.15, -0.1) is 0 Å². The smallest absolute Gasteiger partial charge is 0.326 e. The SMILES string of the molecule is CCC(C)C(NC(=O)C(CS)NC(=O)C(CS)NC(=O)C(N)Cc1ccccc1)C(=O)O. The quantitative estimate of drug-likeness (QED) is 0.196. The average Bonchev–Trinajstić information content (AvgIpc) is 2.78. The van der Waals surface area contributed by atoms with E-state index >= 15 is 0 Å². The molecule has 3 amide bonds. The Kier molecular flexibility index (Phi) is 12.2. The predicted octanol–water partition coefficient (Wildman–Crippen LogP) is 0.00110. The van der Waals surface area contributed by atoms with Gasteiger partial charge in [-0.25, -0.2) is 4.79 Å². The Balaban J connectivity index is 2.73. The first-order valence-electron chi connectivity index (χ1n) is 10.3. The highest BCUT2D eigenvalue weighted by atomic mass is 32.1. The summed E-state index contributed by atoms with van der Waals surface area (Å²) in [7, 11) is 0. The van der Waals surface area contributed by atoms with Crippen molar-refractivity contribution in [2.75, 3.05) is 11.5 Å². The van der Waals surface area contributed by atoms with Crippen molar-refractivity contribution in [3.8, 4) is 0 Å². The summed E-state index contributed by atoms with van der Waals surface area (Å²) in [4.78, 5) is 49.0. The zero-order valence-electron chi connectivity index (χ0n) is 18.2. The minimum absolute atomic E-state index is 0.0266. The van der Waals surface area contributed by atoms with Crippen LogP contribution < -0.4 is 21.7 Å². The third-order valence-corrected chi connectivity index (χ3v) is 5.77. The number of hydrogen-bond donors (Lipinski definition) is 7. The molecule has 32 heavy (non-hydrogen) atoms. The second-order valence-electron chi connectivity index (χ2n) is 7.49. The van der Waals surface area contributed by atoms with Gasteiger partial charge in [-0.3, -0.25) is 14.4 Å². The number of carbonyl (C=O) groups excluding carboxylic acids is 3. The van der Waals surface area contributed by atoms with E-state index in [1.165, 1.54) is 0 Å². The molecule has 5 atom stereocenters. The first kappa shape index (κ1) is 27.8. The number of nitrogens with two attached hydrogens (primary N) is 1. The number of carbonyl (C=O) groups is 4. The Morgan fingerprint density at radius 2 is 1.44 bits per heavy atom. The lowest BCUT2D eigenvalue weighted by Gasteiger charge is -2.25. The van der Waals surface area contributed by atoms with E-state index in [0.29, 0.717) is 12.8 Å². The fraction of sp³-hybridized carbons (Fsp3) is 0.524. The van der Waals surface area contributed by atoms with Gasteiger partial charge in [-0.1, -0.05) is 50.6 Å². The molecule has 0 fully saturated rings. The monoisotopic (exact) mass is 484 g/mol. The number of amides is 3. The zero-order valence-corrected chi connectivity index (χ0v) is 19.9. The summed E-state index contributed by atoms with van der Waals surface area (Å²) >= 11 is 8.19. The minimum atomic E-state index is -1.16. The van der Waals surface area contributed by atoms with Crippen LogP contribution in [0, 0.1) is 5.92 Å². The molecule has 5 unspecified atom stereocenters. The number of carboxylic acid groups (broad SMARTS) is 1. The maximum Gasteiger partial charge on any atom is 0.326 e. The molecule has 178 valence electrons. The maximum atomic E-state index is 12.6. The maximum absolute atomic E-state index is 12.6. The lowest BCUT2D eigenvalue weighted by molar-refractivity contribution is -0.143. The van der Waals surface area contributed by atoms with Crippen LogP contribution in [0.1, 0.15) is 25.8 Å². The Morgan fingerprint density at radius 3 is 1.91 bits per heavy atom. The van der Waals surface area contributed by atoms with Gasteiger partial charge < -0.3 is 26.8 Å². The van der Waals surface area contributed by atoms with Gasteiger partial charge in [0.1, 0.15) is 18.1 Å². The normalized spacial score (nSPS) is 15.5. The van der Waals surface area contributed by atoms with Gasteiger partial charge in [-0.05, 0) is 17.9 Å². The van der Waals surface area contributed by atoms with E-state index in [-0.39, 0.29) is 17.4 Å². The zero-order chi connectivity index (χ0) is 24.3. The molecule has 0 aliphatic rings. The number of nitrogens with one attached hydrogen (secondary N) is 3. The van der Waals surface area contributed by atoms with E-state index in [1.54, 1.807) is 6.92 Å². The van der Waals surface area contributed by atoms with E-state index in [0.717, 1.165) is 5.56 Å². The van der Waals surface area contributed by atoms with Crippen LogP contribution in [-0.2, 0) is 25.6 Å². The van der Waals surface area contributed by atoms with Crippen molar-refractivity contribution < 1.29 is 24.3 Å². The number of carboxylic acids is 1. The third-order valence-electron chi connectivity index (χ3n) is 5.04. The third kappa shape index (κ3) is 8.71. The highest BCUT2D eigenvalue weighted by molar-refractivity contribution is 7.80. The van der Waals surface area contributed by atoms with Gasteiger partial charge in [0.15, 0.2) is 0 Å². The molecule has 1 rings (SSSR count). The molecule has 11 heteroatoms. The fourth-order valence-corrected chi connectivity index (χ4v) is 3.35. The minimum Gasteiger partial charge on any atom is -0.480 e. The summed E-state index contributed by atoms with van der Waals surface area (Å²) in [5.41, 5.74) is 6.83. The lowest BCUT2D eigenvalue weighted by Crippen LogP contribution is -2.58. The standard InChI is InChI=1S/C21H32N4O5S2/c1-3-12(2)17(21(29)30)25-20(28)16(11-32)24-19(27)15(10-31)23-18(26)14(22)9-13-7-5-4-6-8-13/h4-8,12,14-17,31-32H,3,9-11,22H2,1-2H3,(H,23,26)(H,24,27)(H,25,28)(H,29,30). The number of benzene rings is 1. The highest BCUT2D eigenvalue weighted by Crippen LogP contribution is 2.08. The van der Waals surface area contributed by atoms with Gasteiger partial charge in [0.2, 0.25) is 17.7 Å². The van der Waals surface area contributed by atoms with Gasteiger partial charge in [0, 0.05) is 11.5 Å². The van der Waals surface area contributed by atoms with Crippen LogP contribution in [0.4, 0.5) is 0 Å². The molecule has 6 N–H and O–H groups in total. The van der Waals surface area contributed by atoms with E-state index < -0.39 is 47.9 Å². The fourth-order valence-electron chi connectivity index (χ4n) is 2.84.